The number of carbonyl (C=O) groups is 2. The van der Waals surface area contributed by atoms with Gasteiger partial charge in [0.1, 0.15) is 11.5 Å². The van der Waals surface area contributed by atoms with Crippen molar-refractivity contribution in [2.24, 2.45) is 10.3 Å². The number of rotatable bonds is 6. The summed E-state index contributed by atoms with van der Waals surface area (Å²) in [4.78, 5) is 28.7. The molecule has 3 aromatic rings. The fourth-order valence-electron chi connectivity index (χ4n) is 4.33. The van der Waals surface area contributed by atoms with Gasteiger partial charge in [-0.05, 0) is 36.4 Å². The van der Waals surface area contributed by atoms with Crippen LogP contribution in [-0.4, -0.2) is 45.8 Å². The van der Waals surface area contributed by atoms with E-state index in [9.17, 15) is 18.0 Å². The van der Waals surface area contributed by atoms with Crippen molar-refractivity contribution in [3.8, 4) is 0 Å². The van der Waals surface area contributed by atoms with Gasteiger partial charge in [0.05, 0.1) is 12.5 Å². The number of amides is 1. The summed E-state index contributed by atoms with van der Waals surface area (Å²) in [5.74, 6) is -0.843. The Hall–Kier alpha value is -3.98. The number of amidine groups is 1. The Morgan fingerprint density at radius 3 is 2.37 bits per heavy atom. The van der Waals surface area contributed by atoms with E-state index in [-0.39, 0.29) is 42.8 Å². The van der Waals surface area contributed by atoms with Gasteiger partial charge in [0.15, 0.2) is 5.84 Å². The lowest BCUT2D eigenvalue weighted by Gasteiger charge is -2.25. The maximum absolute atomic E-state index is 12.8. The summed E-state index contributed by atoms with van der Waals surface area (Å²) in [6.07, 6.45) is 0.0917. The summed E-state index contributed by atoms with van der Waals surface area (Å²) in [7, 11) is -3.81. The van der Waals surface area contributed by atoms with Crippen molar-refractivity contribution < 1.29 is 22.7 Å². The maximum Gasteiger partial charge on any atom is 0.311 e. The number of sulfonamides is 1. The van der Waals surface area contributed by atoms with Crippen LogP contribution < -0.4 is 9.80 Å². The molecule has 5 rings (SSSR count). The van der Waals surface area contributed by atoms with Gasteiger partial charge in [-0.15, -0.1) is 4.40 Å². The molecule has 0 N–H and O–H groups in total. The molecule has 1 fully saturated rings. The van der Waals surface area contributed by atoms with Crippen LogP contribution in [0.5, 0.6) is 0 Å². The molecule has 0 spiro atoms. The molecular formula is C26H23N3O5S. The number of ether oxygens (including phenoxy) is 1. The van der Waals surface area contributed by atoms with Gasteiger partial charge in [-0.2, -0.15) is 8.42 Å². The summed E-state index contributed by atoms with van der Waals surface area (Å²) < 4.78 is 34.8. The van der Waals surface area contributed by atoms with Crippen LogP contribution in [0.1, 0.15) is 12.0 Å². The number of anilines is 2. The Balaban J connectivity index is 1.30. The zero-order chi connectivity index (χ0) is 24.4. The van der Waals surface area contributed by atoms with Crippen LogP contribution in [0.15, 0.2) is 94.2 Å². The van der Waals surface area contributed by atoms with Crippen molar-refractivity contribution >= 4 is 39.1 Å². The molecule has 1 atom stereocenters. The molecule has 0 saturated carbocycles. The summed E-state index contributed by atoms with van der Waals surface area (Å²) in [6, 6.07) is 25.1. The third kappa shape index (κ3) is 4.54. The normalized spacial score (nSPS) is 18.2. The van der Waals surface area contributed by atoms with Gasteiger partial charge in [0.25, 0.3) is 10.0 Å². The number of hydrogen-bond donors (Lipinski definition) is 0. The van der Waals surface area contributed by atoms with E-state index in [1.807, 2.05) is 60.7 Å². The van der Waals surface area contributed by atoms with Crippen LogP contribution in [0, 0.1) is 5.92 Å². The van der Waals surface area contributed by atoms with Crippen molar-refractivity contribution in [1.82, 2.24) is 0 Å². The molecule has 2 aliphatic heterocycles. The Kier molecular flexibility index (Phi) is 6.08. The second-order valence-electron chi connectivity index (χ2n) is 8.28. The molecular weight excluding hydrogens is 466 g/mol. The first kappa shape index (κ1) is 22.8. The summed E-state index contributed by atoms with van der Waals surface area (Å²) in [6.45, 7) is 0.467. The first-order chi connectivity index (χ1) is 16.9. The van der Waals surface area contributed by atoms with Gasteiger partial charge in [0.2, 0.25) is 5.91 Å². The molecule has 0 aliphatic carbocycles. The monoisotopic (exact) mass is 489 g/mol. The third-order valence-corrected chi connectivity index (χ3v) is 7.35. The first-order valence-electron chi connectivity index (χ1n) is 11.2. The molecule has 35 heavy (non-hydrogen) atoms. The molecule has 3 aromatic carbocycles. The smallest absolute Gasteiger partial charge is 0.311 e. The van der Waals surface area contributed by atoms with Gasteiger partial charge in [-0.25, -0.2) is 0 Å². The van der Waals surface area contributed by atoms with Crippen molar-refractivity contribution in [2.45, 2.75) is 11.3 Å². The Morgan fingerprint density at radius 2 is 1.63 bits per heavy atom. The molecule has 2 aliphatic rings. The molecule has 1 saturated heterocycles. The topological polar surface area (TPSA) is 96.3 Å². The van der Waals surface area contributed by atoms with Crippen molar-refractivity contribution in [3.05, 3.63) is 90.5 Å². The SMILES string of the molecule is O=C(OCCN(C1=NS(=O)(=O)c2ccccc21)c1ccccc1)[C@@H]1CC(=O)N(c2ccccc2)C1. The highest BCUT2D eigenvalue weighted by molar-refractivity contribution is 7.90. The zero-order valence-corrected chi connectivity index (χ0v) is 19.6. The van der Waals surface area contributed by atoms with Crippen LogP contribution in [-0.2, 0) is 24.3 Å². The van der Waals surface area contributed by atoms with Gasteiger partial charge >= 0.3 is 5.97 Å². The predicted molar refractivity (Wildman–Crippen MR) is 132 cm³/mol. The number of fused-ring (bicyclic) bond motifs is 1. The molecule has 0 aromatic heterocycles. The lowest BCUT2D eigenvalue weighted by molar-refractivity contribution is -0.148. The molecule has 1 amide bonds. The minimum Gasteiger partial charge on any atom is -0.464 e. The molecule has 8 nitrogen and oxygen atoms in total. The minimum absolute atomic E-state index is 0.00495. The van der Waals surface area contributed by atoms with E-state index in [0.717, 1.165) is 11.4 Å². The fourth-order valence-corrected chi connectivity index (χ4v) is 5.54. The minimum atomic E-state index is -3.81. The number of hydrogen-bond acceptors (Lipinski definition) is 6. The number of nitrogens with zero attached hydrogens (tertiary/aromatic N) is 3. The standard InChI is InChI=1S/C26H23N3O5S/c30-24-17-19(18-29(24)21-11-5-2-6-12-21)26(31)34-16-15-28(20-9-3-1-4-10-20)25-22-13-7-8-14-23(22)35(32,33)27-25/h1-14,19H,15-18H2/t19-/m1/s1. The predicted octanol–water partition coefficient (Wildman–Crippen LogP) is 3.24. The molecule has 178 valence electrons. The van der Waals surface area contributed by atoms with E-state index in [1.54, 1.807) is 28.0 Å². The largest absolute Gasteiger partial charge is 0.464 e. The van der Waals surface area contributed by atoms with Gasteiger partial charge in [0, 0.05) is 29.9 Å². The number of benzene rings is 3. The molecule has 0 unspecified atom stereocenters. The highest BCUT2D eigenvalue weighted by atomic mass is 32.2. The molecule has 9 heteroatoms. The van der Waals surface area contributed by atoms with Crippen molar-refractivity contribution in [3.63, 3.8) is 0 Å². The van der Waals surface area contributed by atoms with E-state index >= 15 is 0 Å². The Bertz CT molecular complexity index is 1390. The van der Waals surface area contributed by atoms with Crippen LogP contribution in [0.3, 0.4) is 0 Å². The van der Waals surface area contributed by atoms with E-state index < -0.39 is 21.9 Å². The summed E-state index contributed by atoms with van der Waals surface area (Å²) in [5.41, 5.74) is 1.98. The van der Waals surface area contributed by atoms with Crippen molar-refractivity contribution in [2.75, 3.05) is 29.5 Å². The summed E-state index contributed by atoms with van der Waals surface area (Å²) >= 11 is 0. The van der Waals surface area contributed by atoms with E-state index in [1.165, 1.54) is 6.07 Å². The number of carbonyl (C=O) groups excluding carboxylic acids is 2. The number of esters is 1. The van der Waals surface area contributed by atoms with E-state index in [2.05, 4.69) is 4.40 Å². The Morgan fingerprint density at radius 1 is 0.971 bits per heavy atom. The van der Waals surface area contributed by atoms with Gasteiger partial charge < -0.3 is 14.5 Å². The van der Waals surface area contributed by atoms with Crippen LogP contribution in [0.4, 0.5) is 11.4 Å². The highest BCUT2D eigenvalue weighted by Crippen LogP contribution is 2.30. The molecule has 0 radical (unpaired) electrons. The second-order valence-corrected chi connectivity index (χ2v) is 9.85. The van der Waals surface area contributed by atoms with E-state index in [0.29, 0.717) is 5.56 Å². The second kappa shape index (κ2) is 9.34. The fraction of sp³-hybridized carbons (Fsp3) is 0.192. The lowest BCUT2D eigenvalue weighted by atomic mass is 10.1. The molecule has 0 bridgehead atoms. The van der Waals surface area contributed by atoms with E-state index in [4.69, 9.17) is 4.74 Å². The van der Waals surface area contributed by atoms with Crippen molar-refractivity contribution in [1.29, 1.82) is 0 Å². The average molecular weight is 490 g/mol. The zero-order valence-electron chi connectivity index (χ0n) is 18.8. The lowest BCUT2D eigenvalue weighted by Crippen LogP contribution is -2.35. The quantitative estimate of drug-likeness (QED) is 0.493. The average Bonchev–Trinajstić information content (AvgIpc) is 3.40. The number of para-hydroxylation sites is 2. The first-order valence-corrected chi connectivity index (χ1v) is 12.7. The van der Waals surface area contributed by atoms with Gasteiger partial charge in [-0.3, -0.25) is 9.59 Å². The van der Waals surface area contributed by atoms with Crippen LogP contribution in [0.2, 0.25) is 0 Å². The van der Waals surface area contributed by atoms with Crippen LogP contribution in [0.25, 0.3) is 0 Å². The molecule has 2 heterocycles. The van der Waals surface area contributed by atoms with Gasteiger partial charge in [-0.1, -0.05) is 48.5 Å². The maximum atomic E-state index is 12.8. The highest BCUT2D eigenvalue weighted by Gasteiger charge is 2.36. The summed E-state index contributed by atoms with van der Waals surface area (Å²) in [5, 5.41) is 0. The Labute approximate surface area is 203 Å². The third-order valence-electron chi connectivity index (χ3n) is 6.02. The van der Waals surface area contributed by atoms with Crippen LogP contribution >= 0.6 is 0 Å².